The Labute approximate surface area is 170 Å². The summed E-state index contributed by atoms with van der Waals surface area (Å²) in [6.45, 7) is 0.527. The van der Waals surface area contributed by atoms with Gasteiger partial charge in [-0.25, -0.2) is 0 Å². The number of nitrogens with two attached hydrogens (primary N) is 1. The Balaban J connectivity index is 0.00000261. The Morgan fingerprint density at radius 3 is 2.52 bits per heavy atom. The Morgan fingerprint density at radius 1 is 1.22 bits per heavy atom. The second-order valence-electron chi connectivity index (χ2n) is 6.49. The van der Waals surface area contributed by atoms with Crippen LogP contribution in [0, 0.1) is 0 Å². The summed E-state index contributed by atoms with van der Waals surface area (Å²) in [5.74, 6) is -0.353. The maximum atomic E-state index is 12.8. The van der Waals surface area contributed by atoms with Crippen molar-refractivity contribution >= 4 is 41.5 Å². The minimum Gasteiger partial charge on any atom is -0.332 e. The fraction of sp³-hybridized carbons (Fsp3) is 0.300. The van der Waals surface area contributed by atoms with Crippen molar-refractivity contribution in [1.82, 2.24) is 4.90 Å². The van der Waals surface area contributed by atoms with Crippen LogP contribution < -0.4 is 10.6 Å². The fourth-order valence-electron chi connectivity index (χ4n) is 3.30. The molecule has 27 heavy (non-hydrogen) atoms. The molecule has 1 aliphatic rings. The maximum Gasteiger partial charge on any atom is 0.249 e. The zero-order chi connectivity index (χ0) is 18.7. The van der Waals surface area contributed by atoms with Gasteiger partial charge in [0.25, 0.3) is 0 Å². The van der Waals surface area contributed by atoms with Gasteiger partial charge in [0.2, 0.25) is 11.8 Å². The van der Waals surface area contributed by atoms with Crippen LogP contribution in [-0.2, 0) is 16.0 Å². The number of carbonyl (C=O) groups is 2. The quantitative estimate of drug-likeness (QED) is 0.828. The molecule has 2 aromatic rings. The number of amides is 2. The highest BCUT2D eigenvalue weighted by Gasteiger charge is 2.38. The number of hydrogen-bond donors (Lipinski definition) is 1. The third-order valence-electron chi connectivity index (χ3n) is 4.75. The first-order chi connectivity index (χ1) is 12.5. The van der Waals surface area contributed by atoms with Crippen LogP contribution in [-0.4, -0.2) is 42.4 Å². The number of halogens is 2. The van der Waals surface area contributed by atoms with Gasteiger partial charge in [0.1, 0.15) is 6.04 Å². The molecule has 3 rings (SSSR count). The van der Waals surface area contributed by atoms with E-state index in [4.69, 9.17) is 17.3 Å². The predicted molar refractivity (Wildman–Crippen MR) is 110 cm³/mol. The molecule has 0 aliphatic carbocycles. The number of para-hydroxylation sites is 1. The topological polar surface area (TPSA) is 66.6 Å². The number of nitrogens with zero attached hydrogens (tertiary/aromatic N) is 2. The van der Waals surface area contributed by atoms with E-state index in [-0.39, 0.29) is 24.2 Å². The molecule has 0 radical (unpaired) electrons. The lowest BCUT2D eigenvalue weighted by molar-refractivity contribution is -0.137. The molecule has 2 atom stereocenters. The number of carbonyl (C=O) groups excluding carboxylic acids is 2. The van der Waals surface area contributed by atoms with E-state index >= 15 is 0 Å². The molecule has 0 spiro atoms. The fourth-order valence-corrected chi connectivity index (χ4v) is 3.54. The van der Waals surface area contributed by atoms with E-state index in [1.54, 1.807) is 18.0 Å². The molecule has 2 N–H and O–H groups in total. The van der Waals surface area contributed by atoms with E-state index in [0.29, 0.717) is 30.1 Å². The molecular formula is C20H23Cl2N3O2. The highest BCUT2D eigenvalue weighted by molar-refractivity contribution is 6.34. The number of rotatable bonds is 5. The number of likely N-dealkylation sites (N-methyl/N-ethyl adjacent to an activating group) is 1. The summed E-state index contributed by atoms with van der Waals surface area (Å²) < 4.78 is 0. The average molecular weight is 408 g/mol. The summed E-state index contributed by atoms with van der Waals surface area (Å²) in [6.07, 6.45) is 1.00. The van der Waals surface area contributed by atoms with Crippen LogP contribution in [0.4, 0.5) is 5.69 Å². The second-order valence-corrected chi connectivity index (χ2v) is 6.90. The van der Waals surface area contributed by atoms with Crippen LogP contribution in [0.2, 0.25) is 5.02 Å². The van der Waals surface area contributed by atoms with Crippen molar-refractivity contribution in [2.75, 3.05) is 18.5 Å². The SMILES string of the molecule is CN(C(=O)[C@@H](N)Cc1ccccc1)C1CCN(c2ccccc2Cl)C1=O.Cl. The van der Waals surface area contributed by atoms with Crippen LogP contribution in [0.15, 0.2) is 54.6 Å². The van der Waals surface area contributed by atoms with Gasteiger partial charge >= 0.3 is 0 Å². The van der Waals surface area contributed by atoms with Crippen LogP contribution in [0.1, 0.15) is 12.0 Å². The first kappa shape index (κ1) is 21.2. The lowest BCUT2D eigenvalue weighted by atomic mass is 10.0. The van der Waals surface area contributed by atoms with Gasteiger partial charge in [-0.3, -0.25) is 9.59 Å². The van der Waals surface area contributed by atoms with Gasteiger partial charge in [0.05, 0.1) is 16.8 Å². The summed E-state index contributed by atoms with van der Waals surface area (Å²) in [5, 5.41) is 0.524. The molecule has 0 bridgehead atoms. The van der Waals surface area contributed by atoms with Gasteiger partial charge in [-0.1, -0.05) is 54.1 Å². The monoisotopic (exact) mass is 407 g/mol. The maximum absolute atomic E-state index is 12.8. The summed E-state index contributed by atoms with van der Waals surface area (Å²) in [7, 11) is 1.64. The summed E-state index contributed by atoms with van der Waals surface area (Å²) in [4.78, 5) is 28.6. The average Bonchev–Trinajstić information content (AvgIpc) is 3.03. The van der Waals surface area contributed by atoms with Crippen molar-refractivity contribution in [3.63, 3.8) is 0 Å². The molecule has 1 aliphatic heterocycles. The standard InChI is InChI=1S/C20H22ClN3O2.ClH/c1-23(19(25)16(22)13-14-7-3-2-4-8-14)18-11-12-24(20(18)26)17-10-6-5-9-15(17)21;/h2-10,16,18H,11-13,22H2,1H3;1H/t16-,18?;/m0./s1. The summed E-state index contributed by atoms with van der Waals surface area (Å²) in [6, 6.07) is 15.7. The first-order valence-electron chi connectivity index (χ1n) is 8.61. The summed E-state index contributed by atoms with van der Waals surface area (Å²) >= 11 is 6.21. The van der Waals surface area contributed by atoms with Gasteiger partial charge in [0.15, 0.2) is 0 Å². The second kappa shape index (κ2) is 9.22. The highest BCUT2D eigenvalue weighted by atomic mass is 35.5. The van der Waals surface area contributed by atoms with Crippen molar-refractivity contribution in [3.05, 3.63) is 65.2 Å². The van der Waals surface area contributed by atoms with Gasteiger partial charge < -0.3 is 15.5 Å². The third-order valence-corrected chi connectivity index (χ3v) is 5.07. The Kier molecular flexibility index (Phi) is 7.25. The number of anilines is 1. The minimum absolute atomic E-state index is 0. The first-order valence-corrected chi connectivity index (χ1v) is 8.99. The van der Waals surface area contributed by atoms with E-state index < -0.39 is 12.1 Å². The molecule has 1 fully saturated rings. The molecule has 0 aromatic heterocycles. The van der Waals surface area contributed by atoms with Crippen molar-refractivity contribution in [1.29, 1.82) is 0 Å². The molecular weight excluding hydrogens is 385 g/mol. The minimum atomic E-state index is -0.676. The van der Waals surface area contributed by atoms with Crippen LogP contribution in [0.25, 0.3) is 0 Å². The Bertz CT molecular complexity index is 801. The predicted octanol–water partition coefficient (Wildman–Crippen LogP) is 2.90. The molecule has 1 saturated heterocycles. The van der Waals surface area contributed by atoms with Crippen LogP contribution in [0.5, 0.6) is 0 Å². The zero-order valence-electron chi connectivity index (χ0n) is 15.0. The number of hydrogen-bond acceptors (Lipinski definition) is 3. The lowest BCUT2D eigenvalue weighted by Gasteiger charge is -2.27. The third kappa shape index (κ3) is 4.61. The van der Waals surface area contributed by atoms with E-state index in [0.717, 1.165) is 5.56 Å². The molecule has 5 nitrogen and oxygen atoms in total. The smallest absolute Gasteiger partial charge is 0.249 e. The molecule has 7 heteroatoms. The van der Waals surface area contributed by atoms with E-state index in [1.165, 1.54) is 4.90 Å². The zero-order valence-corrected chi connectivity index (χ0v) is 16.6. The van der Waals surface area contributed by atoms with Crippen LogP contribution >= 0.6 is 24.0 Å². The van der Waals surface area contributed by atoms with Gasteiger partial charge in [-0.15, -0.1) is 12.4 Å². The molecule has 2 aromatic carbocycles. The number of benzene rings is 2. The van der Waals surface area contributed by atoms with E-state index in [2.05, 4.69) is 0 Å². The normalized spacial score (nSPS) is 17.4. The van der Waals surface area contributed by atoms with Crippen molar-refractivity contribution in [2.24, 2.45) is 5.73 Å². The molecule has 2 amide bonds. The van der Waals surface area contributed by atoms with Gasteiger partial charge in [-0.2, -0.15) is 0 Å². The molecule has 144 valence electrons. The van der Waals surface area contributed by atoms with Crippen molar-refractivity contribution < 1.29 is 9.59 Å². The summed E-state index contributed by atoms with van der Waals surface area (Å²) in [5.41, 5.74) is 7.77. The van der Waals surface area contributed by atoms with Gasteiger partial charge in [0, 0.05) is 13.6 Å². The Morgan fingerprint density at radius 2 is 1.85 bits per heavy atom. The van der Waals surface area contributed by atoms with Crippen LogP contribution in [0.3, 0.4) is 0 Å². The van der Waals surface area contributed by atoms with Crippen molar-refractivity contribution in [3.8, 4) is 0 Å². The molecule has 1 heterocycles. The molecule has 1 unspecified atom stereocenters. The highest BCUT2D eigenvalue weighted by Crippen LogP contribution is 2.30. The van der Waals surface area contributed by atoms with Gasteiger partial charge in [-0.05, 0) is 30.5 Å². The van der Waals surface area contributed by atoms with E-state index in [1.807, 2.05) is 48.5 Å². The van der Waals surface area contributed by atoms with Crippen molar-refractivity contribution in [2.45, 2.75) is 24.9 Å². The Hall–Kier alpha value is -2.08. The molecule has 0 saturated carbocycles. The largest absolute Gasteiger partial charge is 0.332 e. The van der Waals surface area contributed by atoms with E-state index in [9.17, 15) is 9.59 Å². The lowest BCUT2D eigenvalue weighted by Crippen LogP contribution is -2.50.